The fraction of sp³-hybridized carbons (Fsp3) is 0.583. The van der Waals surface area contributed by atoms with E-state index in [0.717, 1.165) is 24.9 Å². The summed E-state index contributed by atoms with van der Waals surface area (Å²) in [6.07, 6.45) is 3.92. The maximum atomic E-state index is 11.6. The monoisotopic (exact) mass is 257 g/mol. The Labute approximate surface area is 105 Å². The lowest BCUT2D eigenvalue weighted by molar-refractivity contribution is -0.120. The van der Waals surface area contributed by atoms with Gasteiger partial charge in [0.2, 0.25) is 5.91 Å². The molecule has 1 saturated carbocycles. The molecule has 0 aromatic carbocycles. The molecule has 2 nitrogen and oxygen atoms in total. The largest absolute Gasteiger partial charge is 0.355 e. The van der Waals surface area contributed by atoms with Crippen LogP contribution in [0.5, 0.6) is 0 Å². The van der Waals surface area contributed by atoms with Gasteiger partial charge in [0.05, 0.1) is 6.42 Å². The Kier molecular flexibility index (Phi) is 4.24. The van der Waals surface area contributed by atoms with Gasteiger partial charge >= 0.3 is 0 Å². The van der Waals surface area contributed by atoms with Crippen molar-refractivity contribution in [3.63, 3.8) is 0 Å². The van der Waals surface area contributed by atoms with Crippen molar-refractivity contribution in [1.29, 1.82) is 0 Å². The molecule has 0 radical (unpaired) electrons. The first-order valence-corrected chi connectivity index (χ1v) is 7.05. The minimum atomic E-state index is 0.106. The molecule has 1 amide bonds. The normalized spacial score (nSPS) is 24.6. The average Bonchev–Trinajstić information content (AvgIpc) is 2.87. The molecule has 1 aromatic heterocycles. The molecular weight excluding hydrogens is 242 g/mol. The second-order valence-electron chi connectivity index (χ2n) is 4.32. The molecule has 1 N–H and O–H groups in total. The van der Waals surface area contributed by atoms with Gasteiger partial charge in [-0.1, -0.05) is 6.42 Å². The molecule has 4 heteroatoms. The maximum absolute atomic E-state index is 11.6. The van der Waals surface area contributed by atoms with Crippen molar-refractivity contribution in [2.45, 2.75) is 31.1 Å². The van der Waals surface area contributed by atoms with Crippen LogP contribution in [-0.4, -0.2) is 17.8 Å². The van der Waals surface area contributed by atoms with Gasteiger partial charge in [0.25, 0.3) is 0 Å². The van der Waals surface area contributed by atoms with Crippen LogP contribution in [0.1, 0.15) is 24.8 Å². The molecule has 1 fully saturated rings. The zero-order valence-corrected chi connectivity index (χ0v) is 10.7. The number of halogens is 1. The standard InChI is InChI=1S/C12H16ClNOS/c13-11-3-1-2-10(11)7-14-12(15)6-9-4-5-16-8-9/h4-5,8,10-11H,1-3,6-7H2,(H,14,15). The predicted octanol–water partition coefficient (Wildman–Crippen LogP) is 2.81. The van der Waals surface area contributed by atoms with Crippen molar-refractivity contribution in [2.24, 2.45) is 5.92 Å². The van der Waals surface area contributed by atoms with Gasteiger partial charge in [-0.3, -0.25) is 4.79 Å². The first-order chi connectivity index (χ1) is 7.75. The summed E-state index contributed by atoms with van der Waals surface area (Å²) in [6, 6.07) is 1.99. The molecule has 0 bridgehead atoms. The Hall–Kier alpha value is -0.540. The summed E-state index contributed by atoms with van der Waals surface area (Å²) in [5.41, 5.74) is 1.09. The summed E-state index contributed by atoms with van der Waals surface area (Å²) < 4.78 is 0. The van der Waals surface area contributed by atoms with Crippen LogP contribution in [-0.2, 0) is 11.2 Å². The predicted molar refractivity (Wildman–Crippen MR) is 68.0 cm³/mol. The molecule has 2 rings (SSSR count). The summed E-state index contributed by atoms with van der Waals surface area (Å²) in [6.45, 7) is 0.733. The smallest absolute Gasteiger partial charge is 0.224 e. The van der Waals surface area contributed by atoms with Crippen LogP contribution in [0.4, 0.5) is 0 Å². The quantitative estimate of drug-likeness (QED) is 0.826. The molecule has 2 unspecified atom stereocenters. The number of thiophene rings is 1. The fourth-order valence-corrected chi connectivity index (χ4v) is 3.15. The van der Waals surface area contributed by atoms with Crippen molar-refractivity contribution in [3.05, 3.63) is 22.4 Å². The Morgan fingerprint density at radius 3 is 3.06 bits per heavy atom. The summed E-state index contributed by atoms with van der Waals surface area (Å²) in [7, 11) is 0. The second kappa shape index (κ2) is 5.69. The van der Waals surface area contributed by atoms with E-state index in [9.17, 15) is 4.79 Å². The molecule has 0 saturated heterocycles. The summed E-state index contributed by atoms with van der Waals surface area (Å²) in [5, 5.41) is 7.23. The molecule has 1 aromatic rings. The SMILES string of the molecule is O=C(Cc1ccsc1)NCC1CCCC1Cl. The van der Waals surface area contributed by atoms with E-state index in [0.29, 0.717) is 12.3 Å². The molecule has 0 spiro atoms. The number of amides is 1. The van der Waals surface area contributed by atoms with E-state index < -0.39 is 0 Å². The molecule has 1 aliphatic rings. The highest BCUT2D eigenvalue weighted by Crippen LogP contribution is 2.29. The maximum Gasteiger partial charge on any atom is 0.224 e. The van der Waals surface area contributed by atoms with E-state index >= 15 is 0 Å². The van der Waals surface area contributed by atoms with Crippen molar-refractivity contribution >= 4 is 28.8 Å². The van der Waals surface area contributed by atoms with E-state index in [2.05, 4.69) is 5.32 Å². The van der Waals surface area contributed by atoms with Crippen LogP contribution >= 0.6 is 22.9 Å². The highest BCUT2D eigenvalue weighted by Gasteiger charge is 2.25. The van der Waals surface area contributed by atoms with E-state index in [1.165, 1.54) is 6.42 Å². The number of nitrogens with one attached hydrogen (secondary N) is 1. The molecule has 1 aliphatic carbocycles. The van der Waals surface area contributed by atoms with Crippen LogP contribution in [0.25, 0.3) is 0 Å². The zero-order chi connectivity index (χ0) is 11.4. The molecule has 1 heterocycles. The third-order valence-electron chi connectivity index (χ3n) is 3.07. The van der Waals surface area contributed by atoms with E-state index in [4.69, 9.17) is 11.6 Å². The van der Waals surface area contributed by atoms with Gasteiger partial charge in [0.15, 0.2) is 0 Å². The van der Waals surface area contributed by atoms with E-state index in [1.54, 1.807) is 11.3 Å². The number of hydrogen-bond acceptors (Lipinski definition) is 2. The summed E-state index contributed by atoms with van der Waals surface area (Å²) >= 11 is 7.78. The number of carbonyl (C=O) groups is 1. The summed E-state index contributed by atoms with van der Waals surface area (Å²) in [4.78, 5) is 11.6. The van der Waals surface area contributed by atoms with Crippen LogP contribution in [0.3, 0.4) is 0 Å². The van der Waals surface area contributed by atoms with Crippen LogP contribution in [0.15, 0.2) is 16.8 Å². The van der Waals surface area contributed by atoms with Gasteiger partial charge in [-0.05, 0) is 41.1 Å². The highest BCUT2D eigenvalue weighted by atomic mass is 35.5. The first kappa shape index (κ1) is 11.9. The Balaban J connectivity index is 1.71. The van der Waals surface area contributed by atoms with Crippen LogP contribution in [0.2, 0.25) is 0 Å². The minimum Gasteiger partial charge on any atom is -0.355 e. The topological polar surface area (TPSA) is 29.1 Å². The van der Waals surface area contributed by atoms with Crippen LogP contribution < -0.4 is 5.32 Å². The molecule has 88 valence electrons. The molecule has 0 aliphatic heterocycles. The third-order valence-corrected chi connectivity index (χ3v) is 4.38. The van der Waals surface area contributed by atoms with Gasteiger partial charge in [-0.25, -0.2) is 0 Å². The Morgan fingerprint density at radius 2 is 2.44 bits per heavy atom. The van der Waals surface area contributed by atoms with Crippen molar-refractivity contribution in [2.75, 3.05) is 6.54 Å². The van der Waals surface area contributed by atoms with Crippen LogP contribution in [0, 0.1) is 5.92 Å². The Bertz CT molecular complexity index is 339. The number of hydrogen-bond donors (Lipinski definition) is 1. The lowest BCUT2D eigenvalue weighted by atomic mass is 10.1. The van der Waals surface area contributed by atoms with Gasteiger partial charge in [0, 0.05) is 11.9 Å². The minimum absolute atomic E-state index is 0.106. The molecule has 16 heavy (non-hydrogen) atoms. The summed E-state index contributed by atoms with van der Waals surface area (Å²) in [5.74, 6) is 0.572. The fourth-order valence-electron chi connectivity index (χ4n) is 2.11. The average molecular weight is 258 g/mol. The van der Waals surface area contributed by atoms with Crippen molar-refractivity contribution in [1.82, 2.24) is 5.32 Å². The van der Waals surface area contributed by atoms with Crippen molar-refractivity contribution in [3.8, 4) is 0 Å². The lowest BCUT2D eigenvalue weighted by Gasteiger charge is -2.14. The first-order valence-electron chi connectivity index (χ1n) is 5.67. The highest BCUT2D eigenvalue weighted by molar-refractivity contribution is 7.07. The number of carbonyl (C=O) groups excluding carboxylic acids is 1. The Morgan fingerprint density at radius 1 is 1.56 bits per heavy atom. The van der Waals surface area contributed by atoms with E-state index in [-0.39, 0.29) is 11.3 Å². The second-order valence-corrected chi connectivity index (χ2v) is 5.66. The van der Waals surface area contributed by atoms with Gasteiger partial charge < -0.3 is 5.32 Å². The van der Waals surface area contributed by atoms with Crippen molar-refractivity contribution < 1.29 is 4.79 Å². The number of rotatable bonds is 4. The van der Waals surface area contributed by atoms with Gasteiger partial charge in [-0.2, -0.15) is 11.3 Å². The van der Waals surface area contributed by atoms with Gasteiger partial charge in [0.1, 0.15) is 0 Å². The third kappa shape index (κ3) is 3.22. The zero-order valence-electron chi connectivity index (χ0n) is 9.12. The molecular formula is C12H16ClNOS. The molecule has 2 atom stereocenters. The lowest BCUT2D eigenvalue weighted by Crippen LogP contribution is -2.32. The van der Waals surface area contributed by atoms with E-state index in [1.807, 2.05) is 16.8 Å². The van der Waals surface area contributed by atoms with Gasteiger partial charge in [-0.15, -0.1) is 11.6 Å². The number of alkyl halides is 1.